The van der Waals surface area contributed by atoms with E-state index in [9.17, 15) is 8.42 Å². The van der Waals surface area contributed by atoms with Gasteiger partial charge in [0, 0.05) is 5.69 Å². The normalized spacial score (nSPS) is 20.5. The van der Waals surface area contributed by atoms with Crippen molar-refractivity contribution in [3.8, 4) is 0 Å². The van der Waals surface area contributed by atoms with Gasteiger partial charge in [-0.2, -0.15) is 8.42 Å². The van der Waals surface area contributed by atoms with Crippen molar-refractivity contribution >= 4 is 15.8 Å². The molecule has 0 spiro atoms. The van der Waals surface area contributed by atoms with E-state index in [0.717, 1.165) is 18.4 Å². The van der Waals surface area contributed by atoms with Gasteiger partial charge in [0.15, 0.2) is 0 Å². The Morgan fingerprint density at radius 2 is 2.13 bits per heavy atom. The molecule has 5 heteroatoms. The van der Waals surface area contributed by atoms with Gasteiger partial charge in [0.05, 0.1) is 6.26 Å². The van der Waals surface area contributed by atoms with Gasteiger partial charge in [-0.3, -0.25) is 0 Å². The van der Waals surface area contributed by atoms with Crippen molar-refractivity contribution < 1.29 is 12.6 Å². The van der Waals surface area contributed by atoms with Crippen LogP contribution in [0, 0.1) is 0 Å². The van der Waals surface area contributed by atoms with Gasteiger partial charge in [-0.1, -0.05) is 18.2 Å². The minimum atomic E-state index is -3.39. The molecule has 1 unspecified atom stereocenters. The molecule has 0 radical (unpaired) electrons. The Labute approximate surface area is 89.4 Å². The number of aryl methyl sites for hydroxylation is 1. The number of nitrogens with one attached hydrogen (secondary N) is 1. The lowest BCUT2D eigenvalue weighted by Gasteiger charge is -2.25. The zero-order chi connectivity index (χ0) is 10.9. The molecule has 0 bridgehead atoms. The number of hydrogen-bond acceptors (Lipinski definition) is 4. The molecule has 4 nitrogen and oxygen atoms in total. The highest BCUT2D eigenvalue weighted by atomic mass is 32.2. The average Bonchev–Trinajstić information content (AvgIpc) is 2.15. The van der Waals surface area contributed by atoms with Crippen molar-refractivity contribution in [1.29, 1.82) is 0 Å². The number of hydrogen-bond donors (Lipinski definition) is 1. The van der Waals surface area contributed by atoms with Gasteiger partial charge in [0.25, 0.3) is 10.1 Å². The Balaban J connectivity index is 2.12. The monoisotopic (exact) mass is 227 g/mol. The summed E-state index contributed by atoms with van der Waals surface area (Å²) in [6.45, 7) is 0. The SMILES string of the molecule is CS(=O)(=O)OC1CCc2ccccc2N1. The quantitative estimate of drug-likeness (QED) is 0.775. The van der Waals surface area contributed by atoms with E-state index in [-0.39, 0.29) is 0 Å². The van der Waals surface area contributed by atoms with E-state index in [4.69, 9.17) is 4.18 Å². The van der Waals surface area contributed by atoms with Gasteiger partial charge >= 0.3 is 0 Å². The van der Waals surface area contributed by atoms with E-state index in [0.29, 0.717) is 6.42 Å². The first-order chi connectivity index (χ1) is 7.04. The summed E-state index contributed by atoms with van der Waals surface area (Å²) in [6, 6.07) is 7.83. The molecule has 1 atom stereocenters. The van der Waals surface area contributed by atoms with E-state index >= 15 is 0 Å². The van der Waals surface area contributed by atoms with Crippen LogP contribution in [0.2, 0.25) is 0 Å². The molecule has 2 rings (SSSR count). The summed E-state index contributed by atoms with van der Waals surface area (Å²) in [5, 5.41) is 3.05. The lowest BCUT2D eigenvalue weighted by molar-refractivity contribution is 0.225. The molecule has 1 aromatic rings. The molecule has 0 aliphatic carbocycles. The van der Waals surface area contributed by atoms with Crippen LogP contribution in [0.15, 0.2) is 24.3 Å². The molecule has 0 aromatic heterocycles. The molecule has 0 amide bonds. The van der Waals surface area contributed by atoms with E-state index in [2.05, 4.69) is 5.32 Å². The van der Waals surface area contributed by atoms with E-state index < -0.39 is 16.3 Å². The fraction of sp³-hybridized carbons (Fsp3) is 0.400. The van der Waals surface area contributed by atoms with Gasteiger partial charge in [-0.15, -0.1) is 0 Å². The average molecular weight is 227 g/mol. The van der Waals surface area contributed by atoms with Gasteiger partial charge in [0.2, 0.25) is 0 Å². The lowest BCUT2D eigenvalue weighted by Crippen LogP contribution is -2.30. The van der Waals surface area contributed by atoms with Gasteiger partial charge in [-0.25, -0.2) is 4.18 Å². The van der Waals surface area contributed by atoms with Crippen LogP contribution < -0.4 is 5.32 Å². The second-order valence-corrected chi connectivity index (χ2v) is 5.23. The van der Waals surface area contributed by atoms with Crippen LogP contribution in [-0.2, 0) is 20.7 Å². The minimum absolute atomic E-state index is 0.435. The molecule has 0 fully saturated rings. The van der Waals surface area contributed by atoms with Gasteiger partial charge in [-0.05, 0) is 24.5 Å². The lowest BCUT2D eigenvalue weighted by atomic mass is 10.0. The molecule has 1 heterocycles. The van der Waals surface area contributed by atoms with Crippen LogP contribution in [0.25, 0.3) is 0 Å². The van der Waals surface area contributed by atoms with Crippen molar-refractivity contribution in [3.63, 3.8) is 0 Å². The first-order valence-electron chi connectivity index (χ1n) is 4.77. The third-order valence-electron chi connectivity index (χ3n) is 2.30. The van der Waals surface area contributed by atoms with Crippen LogP contribution in [-0.4, -0.2) is 20.9 Å². The first kappa shape index (κ1) is 10.4. The van der Waals surface area contributed by atoms with Crippen LogP contribution in [0.5, 0.6) is 0 Å². The standard InChI is InChI=1S/C10H13NO3S/c1-15(12,13)14-10-7-6-8-4-2-3-5-9(8)11-10/h2-5,10-11H,6-7H2,1H3. The molecular weight excluding hydrogens is 214 g/mol. The first-order valence-corrected chi connectivity index (χ1v) is 6.59. The van der Waals surface area contributed by atoms with E-state index in [1.165, 1.54) is 5.56 Å². The molecule has 1 aromatic carbocycles. The highest BCUT2D eigenvalue weighted by molar-refractivity contribution is 7.86. The highest BCUT2D eigenvalue weighted by Gasteiger charge is 2.20. The van der Waals surface area contributed by atoms with Gasteiger partial charge in [0.1, 0.15) is 6.23 Å². The smallest absolute Gasteiger partial charge is 0.266 e. The van der Waals surface area contributed by atoms with Crippen LogP contribution in [0.1, 0.15) is 12.0 Å². The number of fused-ring (bicyclic) bond motifs is 1. The van der Waals surface area contributed by atoms with Crippen molar-refractivity contribution in [2.45, 2.75) is 19.1 Å². The molecule has 82 valence electrons. The zero-order valence-corrected chi connectivity index (χ0v) is 9.25. The molecule has 0 saturated carbocycles. The van der Waals surface area contributed by atoms with Crippen molar-refractivity contribution in [3.05, 3.63) is 29.8 Å². The predicted octanol–water partition coefficient (Wildman–Crippen LogP) is 1.35. The third-order valence-corrected chi connectivity index (χ3v) is 2.88. The summed E-state index contributed by atoms with van der Waals surface area (Å²) >= 11 is 0. The molecule has 0 saturated heterocycles. The topological polar surface area (TPSA) is 55.4 Å². The zero-order valence-electron chi connectivity index (χ0n) is 8.43. The summed E-state index contributed by atoms with van der Waals surface area (Å²) in [4.78, 5) is 0. The molecule has 1 N–H and O–H groups in total. The Morgan fingerprint density at radius 3 is 2.87 bits per heavy atom. The summed E-state index contributed by atoms with van der Waals surface area (Å²) in [5.74, 6) is 0. The molecule has 15 heavy (non-hydrogen) atoms. The Morgan fingerprint density at radius 1 is 1.40 bits per heavy atom. The largest absolute Gasteiger partial charge is 0.359 e. The number of benzene rings is 1. The Hall–Kier alpha value is -1.07. The molecular formula is C10H13NO3S. The maximum atomic E-state index is 10.9. The second-order valence-electron chi connectivity index (χ2n) is 3.63. The van der Waals surface area contributed by atoms with E-state index in [1.807, 2.05) is 24.3 Å². The fourth-order valence-corrected chi connectivity index (χ4v) is 2.26. The van der Waals surface area contributed by atoms with Crippen molar-refractivity contribution in [2.75, 3.05) is 11.6 Å². The number of para-hydroxylation sites is 1. The van der Waals surface area contributed by atoms with Gasteiger partial charge < -0.3 is 5.32 Å². The highest BCUT2D eigenvalue weighted by Crippen LogP contribution is 2.25. The Kier molecular flexibility index (Phi) is 2.67. The van der Waals surface area contributed by atoms with Crippen LogP contribution in [0.4, 0.5) is 5.69 Å². The summed E-state index contributed by atoms with van der Waals surface area (Å²) < 4.78 is 26.8. The fourth-order valence-electron chi connectivity index (χ4n) is 1.69. The van der Waals surface area contributed by atoms with Crippen molar-refractivity contribution in [1.82, 2.24) is 0 Å². The molecule has 1 aliphatic heterocycles. The maximum Gasteiger partial charge on any atom is 0.266 e. The number of anilines is 1. The predicted molar refractivity (Wildman–Crippen MR) is 58.1 cm³/mol. The number of rotatable bonds is 2. The summed E-state index contributed by atoms with van der Waals surface area (Å²) in [6.07, 6.45) is 2.14. The molecule has 1 aliphatic rings. The second kappa shape index (κ2) is 3.83. The van der Waals surface area contributed by atoms with Crippen LogP contribution >= 0.6 is 0 Å². The van der Waals surface area contributed by atoms with E-state index in [1.54, 1.807) is 0 Å². The third kappa shape index (κ3) is 2.70. The summed E-state index contributed by atoms with van der Waals surface area (Å²) in [5.41, 5.74) is 2.16. The Bertz CT molecular complexity index is 455. The van der Waals surface area contributed by atoms with Crippen molar-refractivity contribution in [2.24, 2.45) is 0 Å². The summed E-state index contributed by atoms with van der Waals surface area (Å²) in [7, 11) is -3.39. The van der Waals surface area contributed by atoms with Crippen LogP contribution in [0.3, 0.4) is 0 Å². The minimum Gasteiger partial charge on any atom is -0.359 e. The maximum absolute atomic E-state index is 10.9.